The fourth-order valence-corrected chi connectivity index (χ4v) is 3.06. The molecule has 170 valence electrons. The number of anilines is 1. The number of benzene rings is 3. The number of halogens is 3. The summed E-state index contributed by atoms with van der Waals surface area (Å²) in [5, 5.41) is 17.2. The molecule has 33 heavy (non-hydrogen) atoms. The second-order valence-corrected chi connectivity index (χ2v) is 7.11. The Morgan fingerprint density at radius 2 is 1.27 bits per heavy atom. The molecule has 2 amide bonds. The van der Waals surface area contributed by atoms with E-state index in [4.69, 9.17) is 0 Å². The van der Waals surface area contributed by atoms with Gasteiger partial charge in [-0.1, -0.05) is 72.8 Å². The Bertz CT molecular complexity index is 1110. The van der Waals surface area contributed by atoms with Gasteiger partial charge in [0.05, 0.1) is 5.71 Å². The molecule has 0 aliphatic rings. The summed E-state index contributed by atoms with van der Waals surface area (Å²) >= 11 is 0. The lowest BCUT2D eigenvalue weighted by Gasteiger charge is -2.27. The molecular weight excluding hydrogens is 435 g/mol. The van der Waals surface area contributed by atoms with Gasteiger partial charge in [0, 0.05) is 5.69 Å². The van der Waals surface area contributed by atoms with Crippen molar-refractivity contribution in [3.05, 3.63) is 102 Å². The maximum absolute atomic E-state index is 13.0. The van der Waals surface area contributed by atoms with Gasteiger partial charge in [-0.3, -0.25) is 9.59 Å². The van der Waals surface area contributed by atoms with E-state index in [0.29, 0.717) is 22.4 Å². The van der Waals surface area contributed by atoms with Crippen LogP contribution >= 0.6 is 0 Å². The van der Waals surface area contributed by atoms with Crippen molar-refractivity contribution in [1.29, 1.82) is 0 Å². The van der Waals surface area contributed by atoms with Gasteiger partial charge in [-0.2, -0.15) is 18.3 Å². The monoisotopic (exact) mass is 455 g/mol. The molecule has 0 aromatic heterocycles. The molecule has 9 heteroatoms. The van der Waals surface area contributed by atoms with Crippen molar-refractivity contribution in [2.45, 2.75) is 18.7 Å². The molecule has 0 fully saturated rings. The highest BCUT2D eigenvalue weighted by molar-refractivity contribution is 6.01. The fraction of sp³-hybridized carbons (Fsp3) is 0.125. The van der Waals surface area contributed by atoms with E-state index in [1.54, 1.807) is 72.9 Å². The van der Waals surface area contributed by atoms with Crippen molar-refractivity contribution < 1.29 is 27.9 Å². The molecular formula is C24H20F3N3O3. The summed E-state index contributed by atoms with van der Waals surface area (Å²) in [4.78, 5) is 24.1. The van der Waals surface area contributed by atoms with E-state index in [9.17, 15) is 27.9 Å². The highest BCUT2D eigenvalue weighted by Gasteiger charge is 2.40. The number of nitrogens with zero attached hydrogens (tertiary/aromatic N) is 1. The van der Waals surface area contributed by atoms with Crippen molar-refractivity contribution in [3.63, 3.8) is 0 Å². The second kappa shape index (κ2) is 9.66. The zero-order valence-electron chi connectivity index (χ0n) is 17.4. The van der Waals surface area contributed by atoms with Crippen LogP contribution in [-0.2, 0) is 15.2 Å². The molecule has 3 N–H and O–H groups in total. The van der Waals surface area contributed by atoms with Crippen molar-refractivity contribution in [2.75, 3.05) is 5.32 Å². The van der Waals surface area contributed by atoms with Crippen LogP contribution in [0.2, 0.25) is 0 Å². The van der Waals surface area contributed by atoms with Gasteiger partial charge < -0.3 is 10.4 Å². The summed E-state index contributed by atoms with van der Waals surface area (Å²) in [5.41, 5.74) is 1.85. The lowest BCUT2D eigenvalue weighted by Crippen LogP contribution is -2.43. The van der Waals surface area contributed by atoms with E-state index in [1.807, 2.05) is 0 Å². The standard InChI is InChI=1S/C24H20F3N3O3/c1-16(17-12-14-20(15-13-17)28-22(32)24(25,26)27)29-30-21(31)23(33,18-8-4-2-5-9-18)19-10-6-3-7-11-19/h2-15,33H,1H3,(H,28,32)(H,30,31)/b29-16+. The van der Waals surface area contributed by atoms with Crippen molar-refractivity contribution >= 4 is 23.2 Å². The molecule has 0 saturated heterocycles. The van der Waals surface area contributed by atoms with Crippen LogP contribution in [0.1, 0.15) is 23.6 Å². The summed E-state index contributed by atoms with van der Waals surface area (Å²) in [7, 11) is 0. The Kier molecular flexibility index (Phi) is 6.93. The third-order valence-corrected chi connectivity index (χ3v) is 4.85. The van der Waals surface area contributed by atoms with Crippen LogP contribution in [0.25, 0.3) is 0 Å². The first kappa shape index (κ1) is 23.7. The molecule has 0 bridgehead atoms. The van der Waals surface area contributed by atoms with E-state index in [0.717, 1.165) is 0 Å². The van der Waals surface area contributed by atoms with Crippen LogP contribution in [0.4, 0.5) is 18.9 Å². The van der Waals surface area contributed by atoms with E-state index in [1.165, 1.54) is 24.3 Å². The van der Waals surface area contributed by atoms with Gasteiger partial charge in [0.2, 0.25) is 0 Å². The highest BCUT2D eigenvalue weighted by atomic mass is 19.4. The van der Waals surface area contributed by atoms with Crippen molar-refractivity contribution in [1.82, 2.24) is 5.43 Å². The topological polar surface area (TPSA) is 90.8 Å². The third kappa shape index (κ3) is 5.45. The first-order valence-electron chi connectivity index (χ1n) is 9.79. The third-order valence-electron chi connectivity index (χ3n) is 4.85. The van der Waals surface area contributed by atoms with E-state index in [-0.39, 0.29) is 5.69 Å². The summed E-state index contributed by atoms with van der Waals surface area (Å²) < 4.78 is 37.1. The summed E-state index contributed by atoms with van der Waals surface area (Å²) in [6.07, 6.45) is -4.99. The van der Waals surface area contributed by atoms with Crippen molar-refractivity contribution in [2.24, 2.45) is 5.10 Å². The number of amides is 2. The van der Waals surface area contributed by atoms with Gasteiger partial charge in [0.25, 0.3) is 5.91 Å². The van der Waals surface area contributed by atoms with E-state index < -0.39 is 23.6 Å². The van der Waals surface area contributed by atoms with Crippen LogP contribution < -0.4 is 10.7 Å². The quantitative estimate of drug-likeness (QED) is 0.388. The summed E-state index contributed by atoms with van der Waals surface area (Å²) in [6, 6.07) is 22.3. The normalized spacial score (nSPS) is 12.2. The lowest BCUT2D eigenvalue weighted by molar-refractivity contribution is -0.167. The molecule has 0 saturated carbocycles. The smallest absolute Gasteiger partial charge is 0.372 e. The SMILES string of the molecule is C/C(=N\NC(=O)C(O)(c1ccccc1)c1ccccc1)c1ccc(NC(=O)C(F)(F)F)cc1. The Morgan fingerprint density at radius 3 is 1.73 bits per heavy atom. The number of hydrogen-bond acceptors (Lipinski definition) is 4. The minimum Gasteiger partial charge on any atom is -0.372 e. The Morgan fingerprint density at radius 1 is 0.788 bits per heavy atom. The number of alkyl halides is 3. The van der Waals surface area contributed by atoms with Crippen LogP contribution in [0.15, 0.2) is 90.0 Å². The molecule has 0 aliphatic heterocycles. The Labute approximate surface area is 187 Å². The highest BCUT2D eigenvalue weighted by Crippen LogP contribution is 2.30. The van der Waals surface area contributed by atoms with Gasteiger partial charge in [-0.25, -0.2) is 5.43 Å². The van der Waals surface area contributed by atoms with Gasteiger partial charge in [0.1, 0.15) is 0 Å². The second-order valence-electron chi connectivity index (χ2n) is 7.11. The molecule has 3 aromatic rings. The summed E-state index contributed by atoms with van der Waals surface area (Å²) in [5.74, 6) is -2.86. The number of carbonyl (C=O) groups excluding carboxylic acids is 2. The number of carbonyl (C=O) groups is 2. The molecule has 0 spiro atoms. The number of rotatable bonds is 6. The predicted molar refractivity (Wildman–Crippen MR) is 117 cm³/mol. The maximum Gasteiger partial charge on any atom is 0.471 e. The number of aliphatic hydroxyl groups is 1. The molecule has 3 rings (SSSR count). The van der Waals surface area contributed by atoms with Gasteiger partial charge in [-0.05, 0) is 35.7 Å². The average Bonchev–Trinajstić information content (AvgIpc) is 2.82. The van der Waals surface area contributed by atoms with Crippen LogP contribution in [0.5, 0.6) is 0 Å². The Balaban J connectivity index is 1.80. The van der Waals surface area contributed by atoms with Crippen LogP contribution in [0.3, 0.4) is 0 Å². The number of hydrazone groups is 1. The first-order valence-corrected chi connectivity index (χ1v) is 9.79. The van der Waals surface area contributed by atoms with E-state index >= 15 is 0 Å². The van der Waals surface area contributed by atoms with Gasteiger partial charge in [-0.15, -0.1) is 0 Å². The maximum atomic E-state index is 13.0. The molecule has 6 nitrogen and oxygen atoms in total. The fourth-order valence-electron chi connectivity index (χ4n) is 3.06. The largest absolute Gasteiger partial charge is 0.471 e. The zero-order valence-corrected chi connectivity index (χ0v) is 17.4. The molecule has 3 aromatic carbocycles. The van der Waals surface area contributed by atoms with Gasteiger partial charge >= 0.3 is 12.1 Å². The molecule has 0 heterocycles. The molecule has 0 unspecified atom stereocenters. The number of nitrogens with one attached hydrogen (secondary N) is 2. The molecule has 0 aliphatic carbocycles. The first-order chi connectivity index (χ1) is 15.6. The zero-order chi connectivity index (χ0) is 24.1. The lowest BCUT2D eigenvalue weighted by atomic mass is 9.85. The number of hydrogen-bond donors (Lipinski definition) is 3. The predicted octanol–water partition coefficient (Wildman–Crippen LogP) is 3.96. The molecule has 0 radical (unpaired) electrons. The Hall–Kier alpha value is -3.98. The summed E-state index contributed by atoms with van der Waals surface area (Å²) in [6.45, 7) is 1.58. The van der Waals surface area contributed by atoms with Crippen LogP contribution in [0, 0.1) is 0 Å². The minimum atomic E-state index is -4.99. The minimum absolute atomic E-state index is 0.0413. The van der Waals surface area contributed by atoms with Gasteiger partial charge in [0.15, 0.2) is 5.60 Å². The van der Waals surface area contributed by atoms with E-state index in [2.05, 4.69) is 10.5 Å². The average molecular weight is 455 g/mol. The molecule has 0 atom stereocenters. The van der Waals surface area contributed by atoms with Crippen molar-refractivity contribution in [3.8, 4) is 0 Å². The van der Waals surface area contributed by atoms with Crippen LogP contribution in [-0.4, -0.2) is 28.8 Å².